The lowest BCUT2D eigenvalue weighted by atomic mass is 9.98. The van der Waals surface area contributed by atoms with Crippen LogP contribution in [0.15, 0.2) is 18.2 Å². The molecule has 4 rings (SSSR count). The van der Waals surface area contributed by atoms with Gasteiger partial charge in [0.05, 0.1) is 16.8 Å². The van der Waals surface area contributed by atoms with Crippen LogP contribution in [0.1, 0.15) is 17.7 Å². The van der Waals surface area contributed by atoms with Crippen LogP contribution in [0, 0.1) is 6.92 Å². The fraction of sp³-hybridized carbons (Fsp3) is 0.368. The summed E-state index contributed by atoms with van der Waals surface area (Å²) >= 11 is 6.78. The van der Waals surface area contributed by atoms with Crippen LogP contribution in [-0.4, -0.2) is 48.1 Å². The molecule has 1 aromatic heterocycles. The van der Waals surface area contributed by atoms with E-state index >= 15 is 0 Å². The fourth-order valence-electron chi connectivity index (χ4n) is 3.33. The van der Waals surface area contributed by atoms with Gasteiger partial charge in [-0.15, -0.1) is 0 Å². The normalized spacial score (nSPS) is 18.4. The van der Waals surface area contributed by atoms with Gasteiger partial charge in [-0.3, -0.25) is 0 Å². The van der Waals surface area contributed by atoms with E-state index in [-0.39, 0.29) is 6.79 Å². The van der Waals surface area contributed by atoms with Gasteiger partial charge in [-0.25, -0.2) is 4.98 Å². The van der Waals surface area contributed by atoms with Crippen LogP contribution in [0.5, 0.6) is 11.5 Å². The molecule has 3 heterocycles. The van der Waals surface area contributed by atoms with Crippen LogP contribution in [0.4, 0.5) is 17.5 Å². The lowest BCUT2D eigenvalue weighted by Crippen LogP contribution is -2.24. The van der Waals surface area contributed by atoms with Crippen LogP contribution >= 0.6 is 11.6 Å². The van der Waals surface area contributed by atoms with Gasteiger partial charge >= 0.3 is 0 Å². The Morgan fingerprint density at radius 3 is 2.96 bits per heavy atom. The first-order valence-corrected chi connectivity index (χ1v) is 9.43. The molecule has 0 bridgehead atoms. The van der Waals surface area contributed by atoms with Crippen molar-refractivity contribution in [1.82, 2.24) is 15.3 Å². The van der Waals surface area contributed by atoms with Crippen LogP contribution in [0.3, 0.4) is 0 Å². The zero-order valence-corrected chi connectivity index (χ0v) is 16.4. The molecule has 2 aliphatic rings. The van der Waals surface area contributed by atoms with E-state index in [9.17, 15) is 5.11 Å². The van der Waals surface area contributed by atoms with Crippen molar-refractivity contribution in [2.45, 2.75) is 19.4 Å². The molecule has 0 spiro atoms. The van der Waals surface area contributed by atoms with E-state index in [0.29, 0.717) is 53.5 Å². The quantitative estimate of drug-likeness (QED) is 0.618. The number of anilines is 3. The highest BCUT2D eigenvalue weighted by molar-refractivity contribution is 6.35. The van der Waals surface area contributed by atoms with E-state index in [0.717, 1.165) is 16.8 Å². The number of halogens is 1. The van der Waals surface area contributed by atoms with E-state index in [4.69, 9.17) is 21.1 Å². The third-order valence-electron chi connectivity index (χ3n) is 4.61. The Hall–Kier alpha value is -2.55. The smallest absolute Gasteiger partial charge is 0.231 e. The van der Waals surface area contributed by atoms with E-state index in [1.165, 1.54) is 0 Å². The standard InChI is InChI=1S/C19H22ClN5O3/c1-10-5-15(21-2)25-19(23-10)24-13-7-14-18(28-9-27-14)16(17(13)20)11-3-4-22-8-12(26)6-11/h3,5,7,12,22,26H,4,6,8-9H2,1-2H3,(H2,21,23,24,25)/t12-/m1/s1. The Labute approximate surface area is 167 Å². The molecule has 0 radical (unpaired) electrons. The average Bonchev–Trinajstić information content (AvgIpc) is 3.01. The van der Waals surface area contributed by atoms with Crippen molar-refractivity contribution in [3.05, 3.63) is 34.5 Å². The molecule has 0 saturated heterocycles. The van der Waals surface area contributed by atoms with Gasteiger partial charge in [0, 0.05) is 49.9 Å². The second kappa shape index (κ2) is 7.83. The van der Waals surface area contributed by atoms with Crippen molar-refractivity contribution in [2.75, 3.05) is 37.6 Å². The number of benzene rings is 1. The maximum atomic E-state index is 10.2. The monoisotopic (exact) mass is 403 g/mol. The topological polar surface area (TPSA) is 101 Å². The summed E-state index contributed by atoms with van der Waals surface area (Å²) < 4.78 is 11.3. The van der Waals surface area contributed by atoms with Gasteiger partial charge in [0.25, 0.3) is 0 Å². The summed E-state index contributed by atoms with van der Waals surface area (Å²) in [5.74, 6) is 2.31. The largest absolute Gasteiger partial charge is 0.453 e. The van der Waals surface area contributed by atoms with Crippen molar-refractivity contribution >= 4 is 34.6 Å². The molecule has 28 heavy (non-hydrogen) atoms. The molecule has 2 aromatic rings. The maximum Gasteiger partial charge on any atom is 0.231 e. The molecule has 0 unspecified atom stereocenters. The summed E-state index contributed by atoms with van der Waals surface area (Å²) in [5, 5.41) is 20.0. The van der Waals surface area contributed by atoms with Gasteiger partial charge in [-0.2, -0.15) is 4.98 Å². The molecule has 8 nitrogen and oxygen atoms in total. The molecule has 0 aliphatic carbocycles. The first kappa shape index (κ1) is 18.8. The number of aryl methyl sites for hydroxylation is 1. The SMILES string of the molecule is CNc1cc(C)nc(Nc2cc3c(c(C4=CCNC[C@H](O)C4)c2Cl)OCO3)n1. The van der Waals surface area contributed by atoms with Gasteiger partial charge in [0.2, 0.25) is 12.7 Å². The van der Waals surface area contributed by atoms with Gasteiger partial charge in [0.1, 0.15) is 5.82 Å². The van der Waals surface area contributed by atoms with Gasteiger partial charge in [0.15, 0.2) is 11.5 Å². The van der Waals surface area contributed by atoms with E-state index < -0.39 is 6.10 Å². The average molecular weight is 404 g/mol. The maximum absolute atomic E-state index is 10.2. The van der Waals surface area contributed by atoms with Gasteiger partial charge in [-0.1, -0.05) is 17.7 Å². The fourth-order valence-corrected chi connectivity index (χ4v) is 3.64. The number of ether oxygens (including phenoxy) is 2. The predicted molar refractivity (Wildman–Crippen MR) is 109 cm³/mol. The summed E-state index contributed by atoms with van der Waals surface area (Å²) in [6.07, 6.45) is 1.99. The number of fused-ring (bicyclic) bond motifs is 1. The molecule has 0 saturated carbocycles. The second-order valence-electron chi connectivity index (χ2n) is 6.69. The number of nitrogens with one attached hydrogen (secondary N) is 3. The summed E-state index contributed by atoms with van der Waals surface area (Å²) in [4.78, 5) is 8.85. The second-order valence-corrected chi connectivity index (χ2v) is 7.06. The molecular formula is C19H22ClN5O3. The summed E-state index contributed by atoms with van der Waals surface area (Å²) in [7, 11) is 1.80. The molecule has 4 N–H and O–H groups in total. The molecule has 9 heteroatoms. The minimum atomic E-state index is -0.502. The van der Waals surface area contributed by atoms with E-state index in [1.807, 2.05) is 19.1 Å². The minimum Gasteiger partial charge on any atom is -0.453 e. The van der Waals surface area contributed by atoms with Crippen LogP contribution in [0.2, 0.25) is 5.02 Å². The van der Waals surface area contributed by atoms with Crippen molar-refractivity contribution < 1.29 is 14.6 Å². The number of nitrogens with zero attached hydrogens (tertiary/aromatic N) is 2. The Morgan fingerprint density at radius 1 is 1.29 bits per heavy atom. The molecule has 148 valence electrons. The Balaban J connectivity index is 1.77. The number of β-amino-alcohol motifs (C(OH)–C–C–N with tert-alkyl or cyclic N) is 1. The molecule has 0 amide bonds. The molecule has 1 aromatic carbocycles. The van der Waals surface area contributed by atoms with Crippen molar-refractivity contribution in [2.24, 2.45) is 0 Å². The van der Waals surface area contributed by atoms with Crippen LogP contribution in [-0.2, 0) is 0 Å². The number of aromatic nitrogens is 2. The van der Waals surface area contributed by atoms with Crippen molar-refractivity contribution in [1.29, 1.82) is 0 Å². The molecule has 1 atom stereocenters. The summed E-state index contributed by atoms with van der Waals surface area (Å²) in [6.45, 7) is 3.19. The highest BCUT2D eigenvalue weighted by atomic mass is 35.5. The lowest BCUT2D eigenvalue weighted by molar-refractivity contribution is 0.173. The van der Waals surface area contributed by atoms with E-state index in [2.05, 4.69) is 25.9 Å². The first-order chi connectivity index (χ1) is 13.5. The number of aliphatic hydroxyl groups is 1. The van der Waals surface area contributed by atoms with Gasteiger partial charge < -0.3 is 30.5 Å². The highest BCUT2D eigenvalue weighted by Crippen LogP contribution is 2.48. The zero-order chi connectivity index (χ0) is 19.7. The highest BCUT2D eigenvalue weighted by Gasteiger charge is 2.27. The van der Waals surface area contributed by atoms with Crippen molar-refractivity contribution in [3.63, 3.8) is 0 Å². The lowest BCUT2D eigenvalue weighted by Gasteiger charge is -2.17. The number of rotatable bonds is 4. The first-order valence-electron chi connectivity index (χ1n) is 9.06. The van der Waals surface area contributed by atoms with Crippen molar-refractivity contribution in [3.8, 4) is 11.5 Å². The zero-order valence-electron chi connectivity index (χ0n) is 15.7. The third-order valence-corrected chi connectivity index (χ3v) is 5.00. The Kier molecular flexibility index (Phi) is 5.25. The molecular weight excluding hydrogens is 382 g/mol. The third kappa shape index (κ3) is 3.71. The summed E-state index contributed by atoms with van der Waals surface area (Å²) in [6, 6.07) is 3.63. The van der Waals surface area contributed by atoms with E-state index in [1.54, 1.807) is 13.1 Å². The Bertz CT molecular complexity index is 934. The number of aliphatic hydroxyl groups excluding tert-OH is 1. The Morgan fingerprint density at radius 2 is 2.14 bits per heavy atom. The van der Waals surface area contributed by atoms with Gasteiger partial charge in [-0.05, 0) is 12.5 Å². The van der Waals surface area contributed by atoms with Crippen LogP contribution in [0.25, 0.3) is 5.57 Å². The molecule has 2 aliphatic heterocycles. The predicted octanol–water partition coefficient (Wildman–Crippen LogP) is 2.69. The minimum absolute atomic E-state index is 0.126. The van der Waals surface area contributed by atoms with Crippen LogP contribution < -0.4 is 25.4 Å². The summed E-state index contributed by atoms with van der Waals surface area (Å²) in [5.41, 5.74) is 3.07. The number of hydrogen-bond acceptors (Lipinski definition) is 8. The molecule has 0 fully saturated rings. The number of hydrogen-bond donors (Lipinski definition) is 4.